The number of carbonyl (C=O) groups excluding carboxylic acids is 2. The third kappa shape index (κ3) is 1.92. The highest BCUT2D eigenvalue weighted by Gasteiger charge is 2.83. The van der Waals surface area contributed by atoms with Crippen molar-refractivity contribution in [1.29, 1.82) is 0 Å². The Morgan fingerprint density at radius 3 is 1.69 bits per heavy atom. The normalized spacial score (nSPS) is 56.2. The summed E-state index contributed by atoms with van der Waals surface area (Å²) in [7, 11) is 0. The fourth-order valence-electron chi connectivity index (χ4n) is 9.65. The molecule has 7 fully saturated rings. The van der Waals surface area contributed by atoms with Crippen molar-refractivity contribution >= 4 is 11.9 Å². The predicted molar refractivity (Wildman–Crippen MR) is 102 cm³/mol. The van der Waals surface area contributed by atoms with E-state index < -0.39 is 0 Å². The van der Waals surface area contributed by atoms with E-state index in [1.54, 1.807) is 0 Å². The van der Waals surface area contributed by atoms with Crippen LogP contribution in [0.3, 0.4) is 0 Å². The topological polar surface area (TPSA) is 65.1 Å². The SMILES string of the molecule is CCOC(=O)/C=C1\C[C@H]2[C@H]3C/C(=C\C(=O)OCC)[C@@H]4[C@H]3C3C5[C@@H]([C@@H]6O[C@H]6[C@H]54)[C@H]1[C@H]32. The van der Waals surface area contributed by atoms with Crippen LogP contribution in [-0.2, 0) is 23.8 Å². The molecule has 0 aromatic heterocycles. The summed E-state index contributed by atoms with van der Waals surface area (Å²) in [5.41, 5.74) is 2.68. The lowest BCUT2D eigenvalue weighted by atomic mass is 9.81. The zero-order chi connectivity index (χ0) is 19.6. The number of carbonyl (C=O) groups is 2. The summed E-state index contributed by atoms with van der Waals surface area (Å²) in [5.74, 6) is 6.15. The Bertz CT molecular complexity index is 804. The molecule has 0 bridgehead atoms. The van der Waals surface area contributed by atoms with E-state index in [0.29, 0.717) is 60.9 Å². The minimum absolute atomic E-state index is 0.175. The van der Waals surface area contributed by atoms with Gasteiger partial charge in [-0.25, -0.2) is 9.59 Å². The van der Waals surface area contributed by atoms with Crippen LogP contribution < -0.4 is 0 Å². The van der Waals surface area contributed by atoms with Crippen LogP contribution in [0, 0.1) is 59.2 Å². The van der Waals surface area contributed by atoms with Crippen LogP contribution in [0.2, 0.25) is 0 Å². The summed E-state index contributed by atoms with van der Waals surface area (Å²) >= 11 is 0. The van der Waals surface area contributed by atoms with E-state index in [4.69, 9.17) is 14.2 Å². The van der Waals surface area contributed by atoms with Crippen molar-refractivity contribution < 1.29 is 23.8 Å². The van der Waals surface area contributed by atoms with Gasteiger partial charge >= 0.3 is 11.9 Å². The molecular formula is C24H28O5. The van der Waals surface area contributed by atoms with E-state index in [1.165, 1.54) is 11.1 Å². The Hall–Kier alpha value is -1.62. The Morgan fingerprint density at radius 1 is 0.793 bits per heavy atom. The first-order valence-electron chi connectivity index (χ1n) is 11.5. The van der Waals surface area contributed by atoms with Crippen LogP contribution in [-0.4, -0.2) is 37.4 Å². The average molecular weight is 396 g/mol. The van der Waals surface area contributed by atoms with Crippen LogP contribution in [0.25, 0.3) is 0 Å². The largest absolute Gasteiger partial charge is 0.463 e. The van der Waals surface area contributed by atoms with Crippen molar-refractivity contribution in [3.05, 3.63) is 23.3 Å². The van der Waals surface area contributed by atoms with Crippen LogP contribution >= 0.6 is 0 Å². The first-order chi connectivity index (χ1) is 14.1. The number of hydrogen-bond acceptors (Lipinski definition) is 5. The lowest BCUT2D eigenvalue weighted by Gasteiger charge is -2.25. The Morgan fingerprint density at radius 2 is 1.24 bits per heavy atom. The monoisotopic (exact) mass is 396 g/mol. The second kappa shape index (κ2) is 5.54. The Balaban J connectivity index is 1.30. The van der Waals surface area contributed by atoms with E-state index in [0.717, 1.165) is 36.5 Å². The first kappa shape index (κ1) is 17.1. The molecule has 154 valence electrons. The Kier molecular flexibility index (Phi) is 3.27. The fraction of sp³-hybridized carbons (Fsp3) is 0.750. The van der Waals surface area contributed by atoms with Crippen molar-refractivity contribution in [3.8, 4) is 0 Å². The summed E-state index contributed by atoms with van der Waals surface area (Å²) in [5, 5.41) is 0. The molecule has 0 amide bonds. The zero-order valence-electron chi connectivity index (χ0n) is 17.0. The van der Waals surface area contributed by atoms with E-state index >= 15 is 0 Å². The van der Waals surface area contributed by atoms with Gasteiger partial charge in [-0.1, -0.05) is 11.1 Å². The second-order valence-corrected chi connectivity index (χ2v) is 10.3. The summed E-state index contributed by atoms with van der Waals surface area (Å²) in [6.45, 7) is 4.59. The summed E-state index contributed by atoms with van der Waals surface area (Å²) in [6.07, 6.45) is 6.50. The molecule has 5 nitrogen and oxygen atoms in total. The summed E-state index contributed by atoms with van der Waals surface area (Å²) in [4.78, 5) is 24.5. The van der Waals surface area contributed by atoms with Crippen molar-refractivity contribution in [2.75, 3.05) is 13.2 Å². The zero-order valence-corrected chi connectivity index (χ0v) is 17.0. The van der Waals surface area contributed by atoms with Gasteiger partial charge in [0.2, 0.25) is 0 Å². The molecule has 6 aliphatic carbocycles. The van der Waals surface area contributed by atoms with Crippen molar-refractivity contribution in [2.24, 2.45) is 59.2 Å². The minimum Gasteiger partial charge on any atom is -0.463 e. The number of hydrogen-bond donors (Lipinski definition) is 0. The smallest absolute Gasteiger partial charge is 0.330 e. The molecule has 7 aliphatic rings. The van der Waals surface area contributed by atoms with Crippen LogP contribution in [0.1, 0.15) is 26.7 Å². The van der Waals surface area contributed by atoms with E-state index in [-0.39, 0.29) is 11.9 Å². The highest BCUT2D eigenvalue weighted by Crippen LogP contribution is 2.83. The molecule has 0 N–H and O–H groups in total. The Labute approximate surface area is 170 Å². The van der Waals surface area contributed by atoms with Gasteiger partial charge in [0.15, 0.2) is 0 Å². The molecule has 1 saturated heterocycles. The lowest BCUT2D eigenvalue weighted by molar-refractivity contribution is -0.138. The van der Waals surface area contributed by atoms with Crippen molar-refractivity contribution in [3.63, 3.8) is 0 Å². The standard InChI is InChI=1S/C24H28O5/c1-3-27-13(25)7-9-5-11-12-6-10(8-14(26)28-4-2)16-18(12)19-17(11)15(9)21-20(19)22(16)24-23(21)29-24/h7-8,11-12,15-24H,3-6H2,1-2H3/b9-7+,10-8+/t11-,12+,15-,16-,17+,18-,19?,20?,21+,22+,23+,24+/m1/s1. The molecule has 0 aromatic carbocycles. The maximum atomic E-state index is 12.3. The van der Waals surface area contributed by atoms with Gasteiger partial charge in [0.05, 0.1) is 25.4 Å². The predicted octanol–water partition coefficient (Wildman–Crippen LogP) is 2.76. The number of rotatable bonds is 4. The molecule has 1 heterocycles. The molecule has 0 spiro atoms. The van der Waals surface area contributed by atoms with Crippen molar-refractivity contribution in [1.82, 2.24) is 0 Å². The molecule has 5 heteroatoms. The van der Waals surface area contributed by atoms with E-state index in [2.05, 4.69) is 0 Å². The van der Waals surface area contributed by atoms with Crippen LogP contribution in [0.5, 0.6) is 0 Å². The quantitative estimate of drug-likeness (QED) is 0.415. The number of esters is 2. The lowest BCUT2D eigenvalue weighted by Crippen LogP contribution is -2.24. The number of allylic oxidation sites excluding steroid dienone is 2. The second-order valence-electron chi connectivity index (χ2n) is 10.3. The summed E-state index contributed by atoms with van der Waals surface area (Å²) in [6, 6.07) is 0. The van der Waals surface area contributed by atoms with Crippen LogP contribution in [0.4, 0.5) is 0 Å². The van der Waals surface area contributed by atoms with Gasteiger partial charge < -0.3 is 14.2 Å². The molecule has 0 radical (unpaired) electrons. The molecule has 6 saturated carbocycles. The molecule has 2 unspecified atom stereocenters. The third-order valence-electron chi connectivity index (χ3n) is 9.72. The third-order valence-corrected chi connectivity index (χ3v) is 9.72. The summed E-state index contributed by atoms with van der Waals surface area (Å²) < 4.78 is 16.7. The van der Waals surface area contributed by atoms with Crippen LogP contribution in [0.15, 0.2) is 23.3 Å². The molecule has 0 aromatic rings. The highest BCUT2D eigenvalue weighted by molar-refractivity contribution is 5.83. The van der Waals surface area contributed by atoms with Gasteiger partial charge in [0.1, 0.15) is 0 Å². The maximum Gasteiger partial charge on any atom is 0.330 e. The minimum atomic E-state index is -0.175. The van der Waals surface area contributed by atoms with E-state index in [1.807, 2.05) is 26.0 Å². The molecule has 7 rings (SSSR count). The van der Waals surface area contributed by atoms with Gasteiger partial charge in [-0.05, 0) is 85.9 Å². The van der Waals surface area contributed by atoms with Gasteiger partial charge in [0, 0.05) is 12.2 Å². The van der Waals surface area contributed by atoms with E-state index in [9.17, 15) is 9.59 Å². The van der Waals surface area contributed by atoms with Gasteiger partial charge in [0.25, 0.3) is 0 Å². The average Bonchev–Trinajstić information content (AvgIpc) is 3.08. The molecule has 29 heavy (non-hydrogen) atoms. The molecule has 1 aliphatic heterocycles. The fourth-order valence-corrected chi connectivity index (χ4v) is 9.65. The van der Waals surface area contributed by atoms with Gasteiger partial charge in [-0.2, -0.15) is 0 Å². The number of ether oxygens (including phenoxy) is 3. The molecule has 12 atom stereocenters. The van der Waals surface area contributed by atoms with Gasteiger partial charge in [-0.3, -0.25) is 0 Å². The number of fused-ring (bicyclic) bond motifs is 6. The number of epoxide rings is 1. The highest BCUT2D eigenvalue weighted by atomic mass is 16.6. The maximum absolute atomic E-state index is 12.3. The molecular weight excluding hydrogens is 368 g/mol. The first-order valence-corrected chi connectivity index (χ1v) is 11.5. The van der Waals surface area contributed by atoms with Gasteiger partial charge in [-0.15, -0.1) is 0 Å². The van der Waals surface area contributed by atoms with Crippen molar-refractivity contribution in [2.45, 2.75) is 38.9 Å².